The molecule has 1 amide bonds. The van der Waals surface area contributed by atoms with E-state index in [1.807, 2.05) is 13.0 Å². The number of esters is 1. The Labute approximate surface area is 112 Å². The minimum absolute atomic E-state index is 0.0272. The van der Waals surface area contributed by atoms with Crippen molar-refractivity contribution in [3.63, 3.8) is 0 Å². The van der Waals surface area contributed by atoms with Crippen LogP contribution in [0.15, 0.2) is 30.6 Å². The summed E-state index contributed by atoms with van der Waals surface area (Å²) in [6, 6.07) is 3.64. The van der Waals surface area contributed by atoms with Gasteiger partial charge in [0.1, 0.15) is 6.54 Å². The van der Waals surface area contributed by atoms with Crippen LogP contribution in [0.25, 0.3) is 6.08 Å². The smallest absolute Gasteiger partial charge is 0.325 e. The van der Waals surface area contributed by atoms with Gasteiger partial charge in [0.05, 0.1) is 7.11 Å². The molecule has 1 aromatic heterocycles. The summed E-state index contributed by atoms with van der Waals surface area (Å²) in [5.74, 6) is -0.632. The van der Waals surface area contributed by atoms with Crippen LogP contribution in [0, 0.1) is 0 Å². The largest absolute Gasteiger partial charge is 0.468 e. The lowest BCUT2D eigenvalue weighted by molar-refractivity contribution is -0.145. The van der Waals surface area contributed by atoms with Crippen molar-refractivity contribution in [3.05, 3.63) is 36.2 Å². The highest BCUT2D eigenvalue weighted by Gasteiger charge is 2.14. The highest BCUT2D eigenvalue weighted by Crippen LogP contribution is 2.01. The van der Waals surface area contributed by atoms with Crippen LogP contribution < -0.4 is 0 Å². The number of carbonyl (C=O) groups excluding carboxylic acids is 2. The van der Waals surface area contributed by atoms with Crippen LogP contribution in [-0.4, -0.2) is 42.0 Å². The zero-order valence-electron chi connectivity index (χ0n) is 11.2. The van der Waals surface area contributed by atoms with E-state index in [4.69, 9.17) is 0 Å². The molecule has 0 aliphatic heterocycles. The van der Waals surface area contributed by atoms with Gasteiger partial charge in [-0.2, -0.15) is 0 Å². The molecule has 0 spiro atoms. The molecule has 0 aliphatic rings. The summed E-state index contributed by atoms with van der Waals surface area (Å²) in [6.07, 6.45) is 7.22. The van der Waals surface area contributed by atoms with Gasteiger partial charge in [0.25, 0.3) is 0 Å². The Hall–Kier alpha value is -2.17. The molecule has 1 rings (SSSR count). The van der Waals surface area contributed by atoms with Crippen molar-refractivity contribution in [2.45, 2.75) is 13.3 Å². The Bertz CT molecular complexity index is 443. The standard InChI is InChI=1S/C14H18N2O3/c1-3-9-16(11-14(18)19-2)13(17)7-6-12-5-4-8-15-10-12/h4-8,10H,3,9,11H2,1-2H3. The Balaban J connectivity index is 2.66. The molecular formula is C14H18N2O3. The highest BCUT2D eigenvalue weighted by molar-refractivity contribution is 5.93. The van der Waals surface area contributed by atoms with Gasteiger partial charge in [-0.25, -0.2) is 0 Å². The predicted octanol–water partition coefficient (Wildman–Crippen LogP) is 1.51. The monoisotopic (exact) mass is 262 g/mol. The minimum Gasteiger partial charge on any atom is -0.468 e. The van der Waals surface area contributed by atoms with Crippen LogP contribution in [0.2, 0.25) is 0 Å². The Morgan fingerprint density at radius 3 is 2.84 bits per heavy atom. The van der Waals surface area contributed by atoms with Gasteiger partial charge in [-0.05, 0) is 24.1 Å². The maximum atomic E-state index is 12.0. The first-order valence-electron chi connectivity index (χ1n) is 6.11. The third-order valence-corrected chi connectivity index (χ3v) is 2.46. The topological polar surface area (TPSA) is 59.5 Å². The summed E-state index contributed by atoms with van der Waals surface area (Å²) in [7, 11) is 1.31. The van der Waals surface area contributed by atoms with Crippen molar-refractivity contribution in [2.24, 2.45) is 0 Å². The fraction of sp³-hybridized carbons (Fsp3) is 0.357. The molecule has 1 aromatic rings. The second-order valence-electron chi connectivity index (χ2n) is 3.96. The van der Waals surface area contributed by atoms with Crippen LogP contribution >= 0.6 is 0 Å². The summed E-state index contributed by atoms with van der Waals surface area (Å²) in [5, 5.41) is 0. The second-order valence-corrected chi connectivity index (χ2v) is 3.96. The van der Waals surface area contributed by atoms with Gasteiger partial charge in [0, 0.05) is 25.0 Å². The molecule has 0 atom stereocenters. The van der Waals surface area contributed by atoms with Crippen LogP contribution in [0.4, 0.5) is 0 Å². The first kappa shape index (κ1) is 14.9. The number of ether oxygens (including phenoxy) is 1. The van der Waals surface area contributed by atoms with Crippen LogP contribution in [0.3, 0.4) is 0 Å². The number of amides is 1. The SMILES string of the molecule is CCCN(CC(=O)OC)C(=O)C=Cc1cccnc1. The van der Waals surface area contributed by atoms with E-state index in [-0.39, 0.29) is 12.5 Å². The Morgan fingerprint density at radius 1 is 1.47 bits per heavy atom. The average molecular weight is 262 g/mol. The lowest BCUT2D eigenvalue weighted by atomic mass is 10.2. The molecule has 0 fully saturated rings. The first-order valence-corrected chi connectivity index (χ1v) is 6.11. The molecule has 0 radical (unpaired) electrons. The summed E-state index contributed by atoms with van der Waals surface area (Å²) in [5.41, 5.74) is 0.838. The van der Waals surface area contributed by atoms with Gasteiger partial charge >= 0.3 is 5.97 Å². The quantitative estimate of drug-likeness (QED) is 0.576. The van der Waals surface area contributed by atoms with Crippen molar-refractivity contribution < 1.29 is 14.3 Å². The predicted molar refractivity (Wildman–Crippen MR) is 72.2 cm³/mol. The van der Waals surface area contributed by atoms with E-state index in [0.29, 0.717) is 6.54 Å². The van der Waals surface area contributed by atoms with Gasteiger partial charge < -0.3 is 9.64 Å². The maximum Gasteiger partial charge on any atom is 0.325 e. The molecule has 0 saturated carbocycles. The van der Waals surface area contributed by atoms with Gasteiger partial charge in [-0.15, -0.1) is 0 Å². The van der Waals surface area contributed by atoms with Crippen molar-refractivity contribution in [1.82, 2.24) is 9.88 Å². The summed E-state index contributed by atoms with van der Waals surface area (Å²) in [6.45, 7) is 2.44. The van der Waals surface area contributed by atoms with E-state index in [0.717, 1.165) is 12.0 Å². The molecule has 0 aliphatic carbocycles. The average Bonchev–Trinajstić information content (AvgIpc) is 2.45. The number of carbonyl (C=O) groups is 2. The van der Waals surface area contributed by atoms with E-state index < -0.39 is 5.97 Å². The molecule has 0 unspecified atom stereocenters. The normalized spacial score (nSPS) is 10.4. The van der Waals surface area contributed by atoms with Crippen LogP contribution in [0.1, 0.15) is 18.9 Å². The molecule has 19 heavy (non-hydrogen) atoms. The molecule has 0 aromatic carbocycles. The van der Waals surface area contributed by atoms with Crippen molar-refractivity contribution in [3.8, 4) is 0 Å². The summed E-state index contributed by atoms with van der Waals surface area (Å²) >= 11 is 0. The van der Waals surface area contributed by atoms with Crippen molar-refractivity contribution in [1.29, 1.82) is 0 Å². The zero-order valence-corrected chi connectivity index (χ0v) is 11.2. The molecule has 102 valence electrons. The Morgan fingerprint density at radius 2 is 2.26 bits per heavy atom. The summed E-state index contributed by atoms with van der Waals surface area (Å²) in [4.78, 5) is 28.6. The van der Waals surface area contributed by atoms with Gasteiger partial charge in [0.2, 0.25) is 5.91 Å². The molecular weight excluding hydrogens is 244 g/mol. The molecule has 0 bridgehead atoms. The third kappa shape index (κ3) is 5.33. The highest BCUT2D eigenvalue weighted by atomic mass is 16.5. The van der Waals surface area contributed by atoms with Gasteiger partial charge in [0.15, 0.2) is 0 Å². The zero-order chi connectivity index (χ0) is 14.1. The van der Waals surface area contributed by atoms with Gasteiger partial charge in [-0.1, -0.05) is 13.0 Å². The Kier molecular flexibility index (Phi) is 6.29. The number of pyridine rings is 1. The number of nitrogens with zero attached hydrogens (tertiary/aromatic N) is 2. The molecule has 0 saturated heterocycles. The lowest BCUT2D eigenvalue weighted by Crippen LogP contribution is -2.35. The minimum atomic E-state index is -0.420. The van der Waals surface area contributed by atoms with Gasteiger partial charge in [-0.3, -0.25) is 14.6 Å². The number of rotatable bonds is 6. The molecule has 1 heterocycles. The molecule has 5 nitrogen and oxygen atoms in total. The third-order valence-electron chi connectivity index (χ3n) is 2.46. The number of methoxy groups -OCH3 is 1. The van der Waals surface area contributed by atoms with Crippen molar-refractivity contribution >= 4 is 18.0 Å². The van der Waals surface area contributed by atoms with E-state index in [2.05, 4.69) is 9.72 Å². The van der Waals surface area contributed by atoms with Crippen molar-refractivity contribution in [2.75, 3.05) is 20.2 Å². The van der Waals surface area contributed by atoms with Crippen LogP contribution in [0.5, 0.6) is 0 Å². The summed E-state index contributed by atoms with van der Waals surface area (Å²) < 4.78 is 4.57. The molecule has 5 heteroatoms. The van der Waals surface area contributed by atoms with E-state index >= 15 is 0 Å². The maximum absolute atomic E-state index is 12.0. The number of hydrogen-bond donors (Lipinski definition) is 0. The number of aromatic nitrogens is 1. The van der Waals surface area contributed by atoms with E-state index in [1.165, 1.54) is 18.1 Å². The second kappa shape index (κ2) is 8.02. The molecule has 0 N–H and O–H groups in total. The lowest BCUT2D eigenvalue weighted by Gasteiger charge is -2.18. The fourth-order valence-corrected chi connectivity index (χ4v) is 1.50. The first-order chi connectivity index (χ1) is 9.17. The number of hydrogen-bond acceptors (Lipinski definition) is 4. The van der Waals surface area contributed by atoms with Crippen LogP contribution in [-0.2, 0) is 14.3 Å². The van der Waals surface area contributed by atoms with E-state index in [9.17, 15) is 9.59 Å². The van der Waals surface area contributed by atoms with E-state index in [1.54, 1.807) is 24.5 Å². The fourth-order valence-electron chi connectivity index (χ4n) is 1.50.